The largest absolute Gasteiger partial charge is 0.481 e. The topological polar surface area (TPSA) is 114 Å². The molecule has 0 atom stereocenters. The molecule has 2 heterocycles. The fraction of sp³-hybridized carbons (Fsp3) is 0.733. The van der Waals surface area contributed by atoms with E-state index in [9.17, 15) is 19.5 Å². The summed E-state index contributed by atoms with van der Waals surface area (Å²) in [5.74, 6) is 1.48. The lowest BCUT2D eigenvalue weighted by molar-refractivity contribution is -0.147. The summed E-state index contributed by atoms with van der Waals surface area (Å²) in [5, 5.41) is 17.2. The van der Waals surface area contributed by atoms with Gasteiger partial charge >= 0.3 is 5.97 Å². The van der Waals surface area contributed by atoms with Crippen molar-refractivity contribution in [2.75, 3.05) is 19.7 Å². The lowest BCUT2D eigenvalue weighted by Gasteiger charge is -2.56. The molecule has 6 rings (SSSR count). The van der Waals surface area contributed by atoms with Crippen LogP contribution in [0.25, 0.3) is 6.20 Å². The van der Waals surface area contributed by atoms with Crippen LogP contribution in [-0.2, 0) is 9.59 Å². The van der Waals surface area contributed by atoms with Crippen molar-refractivity contribution in [3.63, 3.8) is 0 Å². The number of aliphatic carboxylic acids is 1. The van der Waals surface area contributed by atoms with Crippen molar-refractivity contribution in [3.05, 3.63) is 17.8 Å². The number of carbonyl (C=O) groups is 3. The second-order valence-corrected chi connectivity index (χ2v) is 13.6. The molecule has 4 bridgehead atoms. The first-order chi connectivity index (χ1) is 18.4. The molecule has 4 aliphatic carbocycles. The molecule has 214 valence electrons. The van der Waals surface area contributed by atoms with E-state index in [2.05, 4.69) is 24.3 Å². The minimum absolute atomic E-state index is 0.0563. The van der Waals surface area contributed by atoms with Crippen LogP contribution in [0.3, 0.4) is 0 Å². The summed E-state index contributed by atoms with van der Waals surface area (Å²) in [6, 6.07) is 0. The van der Waals surface area contributed by atoms with Crippen molar-refractivity contribution in [1.82, 2.24) is 20.0 Å². The zero-order valence-corrected chi connectivity index (χ0v) is 23.8. The zero-order chi connectivity index (χ0) is 27.9. The van der Waals surface area contributed by atoms with Gasteiger partial charge in [0.15, 0.2) is 0 Å². The van der Waals surface area contributed by atoms with Crippen molar-refractivity contribution in [1.29, 1.82) is 0 Å². The first kappa shape index (κ1) is 27.7. The van der Waals surface area contributed by atoms with E-state index < -0.39 is 11.4 Å². The Bertz CT molecular complexity index is 1090. The normalized spacial score (nSPS) is 28.8. The number of nitrogens with zero attached hydrogens (tertiary/aromatic N) is 3. The molecule has 1 aromatic rings. The van der Waals surface area contributed by atoms with Crippen LogP contribution in [0.1, 0.15) is 89.4 Å². The number of carbonyl (C=O) groups excluding carboxylic acids is 2. The van der Waals surface area contributed by atoms with Gasteiger partial charge < -0.3 is 20.1 Å². The molecule has 5 aliphatic rings. The van der Waals surface area contributed by atoms with Crippen LogP contribution in [0.5, 0.6) is 5.88 Å². The average Bonchev–Trinajstić information content (AvgIpc) is 3.28. The molecule has 0 spiro atoms. The fourth-order valence-electron chi connectivity index (χ4n) is 7.64. The molecule has 0 aromatic carbocycles. The number of carboxylic acids is 1. The van der Waals surface area contributed by atoms with Crippen molar-refractivity contribution in [2.45, 2.75) is 84.6 Å². The lowest BCUT2D eigenvalue weighted by atomic mass is 9.53. The number of nitrogens with one attached hydrogen (secondary N) is 1. The van der Waals surface area contributed by atoms with Crippen LogP contribution in [-0.4, -0.2) is 62.8 Å². The van der Waals surface area contributed by atoms with Gasteiger partial charge in [-0.2, -0.15) is 5.10 Å². The predicted octanol–water partition coefficient (Wildman–Crippen LogP) is 4.44. The summed E-state index contributed by atoms with van der Waals surface area (Å²) >= 11 is 0. The Morgan fingerprint density at radius 3 is 2.26 bits per heavy atom. The van der Waals surface area contributed by atoms with Gasteiger partial charge in [-0.05, 0) is 88.9 Å². The summed E-state index contributed by atoms with van der Waals surface area (Å²) < 4.78 is 7.68. The first-order valence-electron chi connectivity index (χ1n) is 14.7. The van der Waals surface area contributed by atoms with E-state index in [1.165, 1.54) is 19.3 Å². The van der Waals surface area contributed by atoms with Gasteiger partial charge in [0.05, 0.1) is 24.1 Å². The molecule has 1 aliphatic heterocycles. The quantitative estimate of drug-likeness (QED) is 0.479. The third kappa shape index (κ3) is 5.87. The molecule has 4 saturated carbocycles. The standard InChI is InChI=1S/C30H44N4O5/c1-19(2)18-39-26-24(25(35)32-30-14-20-11-21(15-30)13-22(12-20)16-30)17-31-34(26)10-7-29(3,4)28(38)33-8-5-23(6-9-33)27(36)37/h7,10,17,19-23H,5-6,8-9,11-16,18H2,1-4H3,(H,32,35)(H,36,37)/b10-7+. The van der Waals surface area contributed by atoms with Gasteiger partial charge in [0, 0.05) is 24.8 Å². The van der Waals surface area contributed by atoms with E-state index in [-0.39, 0.29) is 29.2 Å². The van der Waals surface area contributed by atoms with E-state index >= 15 is 0 Å². The monoisotopic (exact) mass is 540 g/mol. The van der Waals surface area contributed by atoms with E-state index in [1.54, 1.807) is 28.1 Å². The molecule has 0 radical (unpaired) electrons. The van der Waals surface area contributed by atoms with Crippen LogP contribution in [0.2, 0.25) is 0 Å². The van der Waals surface area contributed by atoms with Crippen molar-refractivity contribution in [3.8, 4) is 5.88 Å². The van der Waals surface area contributed by atoms with Gasteiger partial charge in [-0.3, -0.25) is 14.4 Å². The lowest BCUT2D eigenvalue weighted by Crippen LogP contribution is -2.59. The average molecular weight is 541 g/mol. The molecule has 0 unspecified atom stereocenters. The minimum atomic E-state index is -0.834. The fourth-order valence-corrected chi connectivity index (χ4v) is 7.64. The Morgan fingerprint density at radius 1 is 1.13 bits per heavy atom. The summed E-state index contributed by atoms with van der Waals surface area (Å²) in [6.07, 6.45) is 13.1. The molecular formula is C30H44N4O5. The van der Waals surface area contributed by atoms with E-state index in [0.717, 1.165) is 37.0 Å². The van der Waals surface area contributed by atoms with Crippen LogP contribution in [0.4, 0.5) is 0 Å². The maximum Gasteiger partial charge on any atom is 0.306 e. The molecule has 1 saturated heterocycles. The second-order valence-electron chi connectivity index (χ2n) is 13.6. The second kappa shape index (κ2) is 10.6. The molecular weight excluding hydrogens is 496 g/mol. The number of aromatic nitrogens is 2. The van der Waals surface area contributed by atoms with Crippen molar-refractivity contribution in [2.24, 2.45) is 35.0 Å². The van der Waals surface area contributed by atoms with E-state index in [4.69, 9.17) is 4.74 Å². The third-order valence-corrected chi connectivity index (χ3v) is 9.28. The molecule has 2 N–H and O–H groups in total. The predicted molar refractivity (Wildman–Crippen MR) is 147 cm³/mol. The number of amides is 2. The first-order valence-corrected chi connectivity index (χ1v) is 14.7. The van der Waals surface area contributed by atoms with Gasteiger partial charge in [0.1, 0.15) is 5.56 Å². The maximum absolute atomic E-state index is 13.6. The maximum atomic E-state index is 13.6. The van der Waals surface area contributed by atoms with Gasteiger partial charge in [0.25, 0.3) is 5.91 Å². The van der Waals surface area contributed by atoms with Gasteiger partial charge in [-0.25, -0.2) is 4.68 Å². The number of ether oxygens (including phenoxy) is 1. The zero-order valence-electron chi connectivity index (χ0n) is 23.8. The Hall–Kier alpha value is -2.84. The third-order valence-electron chi connectivity index (χ3n) is 9.28. The molecule has 5 fully saturated rings. The summed E-state index contributed by atoms with van der Waals surface area (Å²) in [5.41, 5.74) is -0.517. The number of piperidine rings is 1. The van der Waals surface area contributed by atoms with Crippen LogP contribution >= 0.6 is 0 Å². The molecule has 9 nitrogen and oxygen atoms in total. The molecule has 9 heteroatoms. The van der Waals surface area contributed by atoms with Crippen LogP contribution in [0, 0.1) is 35.0 Å². The van der Waals surface area contributed by atoms with Crippen LogP contribution in [0.15, 0.2) is 12.3 Å². The number of carboxylic acid groups (broad SMARTS) is 1. The Kier molecular flexibility index (Phi) is 7.55. The summed E-state index contributed by atoms with van der Waals surface area (Å²) in [7, 11) is 0. The Morgan fingerprint density at radius 2 is 1.72 bits per heavy atom. The van der Waals surface area contributed by atoms with Gasteiger partial charge in [-0.15, -0.1) is 0 Å². The molecule has 39 heavy (non-hydrogen) atoms. The Labute approximate surface area is 231 Å². The van der Waals surface area contributed by atoms with Crippen molar-refractivity contribution < 1.29 is 24.2 Å². The highest BCUT2D eigenvalue weighted by atomic mass is 16.5. The highest BCUT2D eigenvalue weighted by Gasteiger charge is 2.51. The SMILES string of the molecule is CC(C)COc1c(C(=O)NC23CC4CC(CC(C4)C2)C3)cnn1/C=C/C(C)(C)C(=O)N1CCC(C(=O)O)CC1. The highest BCUT2D eigenvalue weighted by Crippen LogP contribution is 2.55. The Balaban J connectivity index is 1.31. The number of hydrogen-bond acceptors (Lipinski definition) is 5. The van der Waals surface area contributed by atoms with Crippen molar-refractivity contribution >= 4 is 24.0 Å². The smallest absolute Gasteiger partial charge is 0.306 e. The summed E-state index contributed by atoms with van der Waals surface area (Å²) in [4.78, 5) is 39.9. The number of likely N-dealkylation sites (tertiary alicyclic amines) is 1. The highest BCUT2D eigenvalue weighted by molar-refractivity contribution is 5.97. The van der Waals surface area contributed by atoms with Crippen LogP contribution < -0.4 is 10.1 Å². The summed E-state index contributed by atoms with van der Waals surface area (Å²) in [6.45, 7) is 9.11. The van der Waals surface area contributed by atoms with E-state index in [0.29, 0.717) is 44.0 Å². The van der Waals surface area contributed by atoms with Gasteiger partial charge in [0.2, 0.25) is 11.8 Å². The van der Waals surface area contributed by atoms with Gasteiger partial charge in [-0.1, -0.05) is 19.9 Å². The molecule has 1 aromatic heterocycles. The van der Waals surface area contributed by atoms with E-state index in [1.807, 2.05) is 13.8 Å². The number of hydrogen-bond donors (Lipinski definition) is 2. The number of rotatable bonds is 9. The molecule has 2 amide bonds. The minimum Gasteiger partial charge on any atom is -0.481 e.